The molecule has 0 fully saturated rings. The Bertz CT molecular complexity index is 65.8. The van der Waals surface area contributed by atoms with Crippen LogP contribution in [0.3, 0.4) is 0 Å². The van der Waals surface area contributed by atoms with Crippen LogP contribution in [0.15, 0.2) is 0 Å². The van der Waals surface area contributed by atoms with Crippen molar-refractivity contribution in [2.24, 2.45) is 0 Å². The molecule has 0 unspecified atom stereocenters. The minimum atomic E-state index is -4.89. The summed E-state index contributed by atoms with van der Waals surface area (Å²) in [6, 6.07) is 0. The van der Waals surface area contributed by atoms with E-state index in [4.69, 9.17) is 19.2 Å². The number of phosphoric acid groups is 1. The molecule has 0 amide bonds. The molecule has 0 aromatic rings. The molecule has 10 heteroatoms. The molecule has 48 valence electrons. The summed E-state index contributed by atoms with van der Waals surface area (Å²) < 4.78 is 8.77. The van der Waals surface area contributed by atoms with Crippen molar-refractivity contribution in [1.82, 2.24) is 0 Å². The van der Waals surface area contributed by atoms with Gasteiger partial charge in [-0.25, -0.2) is 0 Å². The normalized spacial score (nSPS) is 5.90. The third-order valence-electron chi connectivity index (χ3n) is 0. The van der Waals surface area contributed by atoms with Gasteiger partial charge in [-0.2, -0.15) is 0 Å². The van der Waals surface area contributed by atoms with Crippen molar-refractivity contribution >= 4 is 7.82 Å². The van der Waals surface area contributed by atoms with Gasteiger partial charge in [-0.1, -0.05) is 0 Å². The van der Waals surface area contributed by atoms with Crippen molar-refractivity contribution in [1.29, 1.82) is 0 Å². The summed E-state index contributed by atoms with van der Waals surface area (Å²) in [5.41, 5.74) is 0. The van der Waals surface area contributed by atoms with Gasteiger partial charge in [-0.3, -0.25) is 4.57 Å². The zero-order valence-corrected chi connectivity index (χ0v) is 15.9. The summed E-state index contributed by atoms with van der Waals surface area (Å²) in [7, 11) is -4.89. The molecule has 0 aliphatic heterocycles. The molecule has 0 aliphatic rings. The Morgan fingerprint density at radius 2 is 1.20 bits per heavy atom. The minimum Gasteiger partial charge on any atom is -1.00 e. The molecule has 0 bridgehead atoms. The number of halogens is 1. The molecule has 0 atom stereocenters. The fourth-order valence-electron chi connectivity index (χ4n) is 0. The van der Waals surface area contributed by atoms with E-state index in [1.54, 1.807) is 0 Å². The molecular formula is H3ClK2NaO5P. The van der Waals surface area contributed by atoms with Crippen LogP contribution in [0.1, 0.15) is 0 Å². The zero-order valence-electron chi connectivity index (χ0n) is 5.98. The molecule has 0 aromatic heterocycles. The van der Waals surface area contributed by atoms with E-state index in [1.165, 1.54) is 0 Å². The van der Waals surface area contributed by atoms with Gasteiger partial charge in [0.1, 0.15) is 0 Å². The summed E-state index contributed by atoms with van der Waals surface area (Å²) in [6.07, 6.45) is 0. The standard InChI is InChI=1S/ClH.2K.Na.H3O4P.H2O/c;;;;1-5(2,3)4;/h1H;;;;(H3,1,2,3,4);1H2/q;3*+1;;/p-3. The first-order chi connectivity index (χ1) is 2.00. The SMILES string of the molecule is O=P([O-])(O)O.[Cl-].[K+].[K+].[Na+].[OH-]. The first-order valence-electron chi connectivity index (χ1n) is 0.765. The topological polar surface area (TPSA) is 111 Å². The maximum Gasteiger partial charge on any atom is 1.00 e. The van der Waals surface area contributed by atoms with Gasteiger partial charge in [0.15, 0.2) is 0 Å². The average Bonchev–Trinajstić information content (AvgIpc) is 0.722. The van der Waals surface area contributed by atoms with Crippen LogP contribution in [-0.2, 0) is 4.57 Å². The van der Waals surface area contributed by atoms with Crippen molar-refractivity contribution < 1.29 is 169 Å². The molecule has 10 heavy (non-hydrogen) atoms. The fraction of sp³-hybridized carbons (Fsp3) is 0. The molecule has 3 N–H and O–H groups in total. The minimum absolute atomic E-state index is 0. The van der Waals surface area contributed by atoms with Crippen LogP contribution >= 0.6 is 7.82 Å². The van der Waals surface area contributed by atoms with Gasteiger partial charge in [-0.05, 0) is 0 Å². The average molecular weight is 251 g/mol. The largest absolute Gasteiger partial charge is 1.00 e. The predicted octanol–water partition coefficient (Wildman–Crippen LogP) is -13.7. The molecule has 0 saturated carbocycles. The summed E-state index contributed by atoms with van der Waals surface area (Å²) in [5.74, 6) is 0. The molecule has 0 spiro atoms. The number of hydrogen-bond acceptors (Lipinski definition) is 3. The summed E-state index contributed by atoms with van der Waals surface area (Å²) in [5, 5.41) is 0. The Kier molecular flexibility index (Phi) is 70.2. The van der Waals surface area contributed by atoms with Crippen LogP contribution in [0.2, 0.25) is 0 Å². The van der Waals surface area contributed by atoms with Gasteiger partial charge in [0.05, 0.1) is 0 Å². The van der Waals surface area contributed by atoms with Crippen LogP contribution in [-0.4, -0.2) is 15.3 Å². The van der Waals surface area contributed by atoms with Gasteiger partial charge < -0.3 is 32.6 Å². The predicted molar refractivity (Wildman–Crippen MR) is 14.0 cm³/mol. The fourth-order valence-corrected chi connectivity index (χ4v) is 0. The Morgan fingerprint density at radius 3 is 1.20 bits per heavy atom. The van der Waals surface area contributed by atoms with E-state index in [2.05, 4.69) is 0 Å². The van der Waals surface area contributed by atoms with E-state index >= 15 is 0 Å². The van der Waals surface area contributed by atoms with E-state index in [-0.39, 0.29) is 150 Å². The third kappa shape index (κ3) is 79.7. The van der Waals surface area contributed by atoms with Crippen molar-refractivity contribution in [3.05, 3.63) is 0 Å². The molecular weight excluding hydrogens is 248 g/mol. The Balaban J connectivity index is -0.00000000800. The summed E-state index contributed by atoms with van der Waals surface area (Å²) in [6.45, 7) is 0. The number of hydrogen-bond donors (Lipinski definition) is 2. The van der Waals surface area contributed by atoms with Crippen LogP contribution in [0.4, 0.5) is 0 Å². The van der Waals surface area contributed by atoms with Crippen LogP contribution < -0.4 is 150 Å². The van der Waals surface area contributed by atoms with Gasteiger partial charge >= 0.3 is 132 Å². The van der Waals surface area contributed by atoms with Crippen LogP contribution in [0.5, 0.6) is 0 Å². The summed E-state index contributed by atoms with van der Waals surface area (Å²) in [4.78, 5) is 22.9. The van der Waals surface area contributed by atoms with Crippen molar-refractivity contribution in [3.63, 3.8) is 0 Å². The second kappa shape index (κ2) is 19.2. The maximum absolute atomic E-state index is 8.77. The van der Waals surface area contributed by atoms with E-state index in [9.17, 15) is 0 Å². The van der Waals surface area contributed by atoms with E-state index in [0.29, 0.717) is 0 Å². The van der Waals surface area contributed by atoms with Crippen molar-refractivity contribution in [3.8, 4) is 0 Å². The van der Waals surface area contributed by atoms with Crippen molar-refractivity contribution in [2.45, 2.75) is 0 Å². The quantitative estimate of drug-likeness (QED) is 0.328. The Hall–Kier alpha value is 4.63. The van der Waals surface area contributed by atoms with Crippen LogP contribution in [0.25, 0.3) is 0 Å². The first-order valence-corrected chi connectivity index (χ1v) is 2.30. The van der Waals surface area contributed by atoms with Gasteiger partial charge in [0.2, 0.25) is 0 Å². The molecule has 0 heterocycles. The van der Waals surface area contributed by atoms with E-state index in [0.717, 1.165) is 0 Å². The van der Waals surface area contributed by atoms with E-state index in [1.807, 2.05) is 0 Å². The smallest absolute Gasteiger partial charge is 1.00 e. The second-order valence-corrected chi connectivity index (χ2v) is 1.47. The molecule has 0 saturated heterocycles. The summed E-state index contributed by atoms with van der Waals surface area (Å²) >= 11 is 0. The Morgan fingerprint density at radius 1 is 1.20 bits per heavy atom. The molecule has 5 nitrogen and oxygen atoms in total. The third-order valence-corrected chi connectivity index (χ3v) is 0. The monoisotopic (exact) mass is 250 g/mol. The number of rotatable bonds is 0. The second-order valence-electron chi connectivity index (χ2n) is 0.491. The first kappa shape index (κ1) is 36.5. The van der Waals surface area contributed by atoms with Crippen LogP contribution in [0, 0.1) is 0 Å². The van der Waals surface area contributed by atoms with Crippen molar-refractivity contribution in [2.75, 3.05) is 0 Å². The van der Waals surface area contributed by atoms with Gasteiger partial charge in [0, 0.05) is 0 Å². The maximum atomic E-state index is 8.77. The van der Waals surface area contributed by atoms with E-state index < -0.39 is 7.82 Å². The van der Waals surface area contributed by atoms with Gasteiger partial charge in [-0.15, -0.1) is 0 Å². The molecule has 0 aliphatic carbocycles. The van der Waals surface area contributed by atoms with Gasteiger partial charge in [0.25, 0.3) is 7.82 Å². The molecule has 0 rings (SSSR count). The molecule has 0 aromatic carbocycles. The Labute approximate surface area is 172 Å². The zero-order chi connectivity index (χ0) is 4.50. The molecule has 0 radical (unpaired) electrons.